The Morgan fingerprint density at radius 3 is 2.43 bits per heavy atom. The maximum atomic E-state index is 12.4. The molecule has 162 valence electrons. The highest BCUT2D eigenvalue weighted by molar-refractivity contribution is 5.94. The number of aromatic nitrogens is 3. The first-order chi connectivity index (χ1) is 13.9. The first kappa shape index (κ1) is 23.2. The highest BCUT2D eigenvalue weighted by Crippen LogP contribution is 2.18. The number of pyridine rings is 1. The number of Topliss-reactive ketones (excluding diaryl/α,β-unsaturated/α-hetero) is 1. The van der Waals surface area contributed by atoms with Gasteiger partial charge in [0.05, 0.1) is 23.7 Å². The summed E-state index contributed by atoms with van der Waals surface area (Å²) in [7, 11) is 0. The van der Waals surface area contributed by atoms with E-state index in [9.17, 15) is 22.8 Å². The lowest BCUT2D eigenvalue weighted by Crippen LogP contribution is -2.28. The second-order valence-corrected chi connectivity index (χ2v) is 7.13. The van der Waals surface area contributed by atoms with E-state index in [1.54, 1.807) is 33.8 Å². The van der Waals surface area contributed by atoms with Gasteiger partial charge >= 0.3 is 6.18 Å². The lowest BCUT2D eigenvalue weighted by molar-refractivity contribution is -0.154. The lowest BCUT2D eigenvalue weighted by atomic mass is 10.1. The Morgan fingerprint density at radius 1 is 1.17 bits per heavy atom. The Bertz CT molecular complexity index is 899. The van der Waals surface area contributed by atoms with Crippen molar-refractivity contribution in [1.82, 2.24) is 20.3 Å². The van der Waals surface area contributed by atoms with E-state index >= 15 is 0 Å². The van der Waals surface area contributed by atoms with Gasteiger partial charge in [-0.3, -0.25) is 9.59 Å². The summed E-state index contributed by atoms with van der Waals surface area (Å²) in [5.74, 6) is -0.443. The number of ketones is 1. The number of hydrogen-bond donors (Lipinski definition) is 1. The molecule has 7 nitrogen and oxygen atoms in total. The number of ether oxygens (including phenoxy) is 1. The summed E-state index contributed by atoms with van der Waals surface area (Å²) in [5.41, 5.74) is 1.36. The van der Waals surface area contributed by atoms with Gasteiger partial charge < -0.3 is 10.1 Å². The molecule has 0 aliphatic carbocycles. The molecule has 0 saturated heterocycles. The van der Waals surface area contributed by atoms with Gasteiger partial charge in [0.2, 0.25) is 5.88 Å². The molecule has 10 heteroatoms. The van der Waals surface area contributed by atoms with Gasteiger partial charge in [0.15, 0.2) is 6.61 Å². The molecule has 1 atom stereocenters. The number of amides is 1. The SMILES string of the molecule is Cc1cc(C(C)NC(=O)c2ccc(OCC(F)(F)F)nc2)nc(CC(=O)C(C)C)n1. The van der Waals surface area contributed by atoms with Crippen molar-refractivity contribution in [2.75, 3.05) is 6.61 Å². The van der Waals surface area contributed by atoms with E-state index in [4.69, 9.17) is 0 Å². The third-order valence-corrected chi connectivity index (χ3v) is 4.07. The van der Waals surface area contributed by atoms with Crippen LogP contribution in [0.25, 0.3) is 0 Å². The summed E-state index contributed by atoms with van der Waals surface area (Å²) in [6, 6.07) is 3.73. The summed E-state index contributed by atoms with van der Waals surface area (Å²) in [4.78, 5) is 36.8. The smallest absolute Gasteiger partial charge is 0.422 e. The van der Waals surface area contributed by atoms with Crippen LogP contribution < -0.4 is 10.1 Å². The maximum Gasteiger partial charge on any atom is 0.422 e. The number of nitrogens with one attached hydrogen (secondary N) is 1. The van der Waals surface area contributed by atoms with Crippen LogP contribution >= 0.6 is 0 Å². The molecule has 2 rings (SSSR count). The monoisotopic (exact) mass is 424 g/mol. The minimum Gasteiger partial charge on any atom is -0.468 e. The van der Waals surface area contributed by atoms with Crippen LogP contribution in [0.2, 0.25) is 0 Å². The molecular formula is C20H23F3N4O3. The average Bonchev–Trinajstić information content (AvgIpc) is 2.65. The van der Waals surface area contributed by atoms with Crippen molar-refractivity contribution in [2.45, 2.75) is 46.3 Å². The molecule has 0 aliphatic heterocycles. The van der Waals surface area contributed by atoms with Gasteiger partial charge in [0.1, 0.15) is 11.6 Å². The number of nitrogens with zero attached hydrogens (tertiary/aromatic N) is 3. The van der Waals surface area contributed by atoms with Gasteiger partial charge in [-0.05, 0) is 26.0 Å². The van der Waals surface area contributed by atoms with Crippen LogP contribution in [0.3, 0.4) is 0 Å². The number of halogens is 3. The quantitative estimate of drug-likeness (QED) is 0.698. The van der Waals surface area contributed by atoms with Gasteiger partial charge in [0, 0.05) is 23.9 Å². The number of hydrogen-bond acceptors (Lipinski definition) is 6. The molecule has 2 aromatic heterocycles. The zero-order valence-electron chi connectivity index (χ0n) is 17.1. The fourth-order valence-electron chi connectivity index (χ4n) is 2.43. The fraction of sp³-hybridized carbons (Fsp3) is 0.450. The molecule has 0 aromatic carbocycles. The van der Waals surface area contributed by atoms with Crippen molar-refractivity contribution >= 4 is 11.7 Å². The normalized spacial score (nSPS) is 12.5. The van der Waals surface area contributed by atoms with E-state index in [-0.39, 0.29) is 29.6 Å². The minimum absolute atomic E-state index is 0.0159. The van der Waals surface area contributed by atoms with Crippen molar-refractivity contribution in [3.63, 3.8) is 0 Å². The molecule has 1 amide bonds. The minimum atomic E-state index is -4.47. The van der Waals surface area contributed by atoms with Gasteiger partial charge in [-0.2, -0.15) is 13.2 Å². The largest absolute Gasteiger partial charge is 0.468 e. The Labute approximate surface area is 172 Å². The second-order valence-electron chi connectivity index (χ2n) is 7.13. The van der Waals surface area contributed by atoms with Crippen LogP contribution in [0, 0.1) is 12.8 Å². The Kier molecular flexibility index (Phi) is 7.47. The third kappa shape index (κ3) is 7.09. The molecule has 2 aromatic rings. The topological polar surface area (TPSA) is 94.1 Å². The van der Waals surface area contributed by atoms with Gasteiger partial charge in [0.25, 0.3) is 5.91 Å². The fourth-order valence-corrected chi connectivity index (χ4v) is 2.43. The first-order valence-corrected chi connectivity index (χ1v) is 9.28. The third-order valence-electron chi connectivity index (χ3n) is 4.07. The van der Waals surface area contributed by atoms with Crippen LogP contribution in [0.4, 0.5) is 13.2 Å². The number of aryl methyl sites for hydroxylation is 1. The van der Waals surface area contributed by atoms with Crippen LogP contribution in [-0.2, 0) is 11.2 Å². The van der Waals surface area contributed by atoms with E-state index in [0.717, 1.165) is 6.20 Å². The second kappa shape index (κ2) is 9.64. The van der Waals surface area contributed by atoms with Crippen LogP contribution in [0.5, 0.6) is 5.88 Å². The van der Waals surface area contributed by atoms with Gasteiger partial charge in [-0.15, -0.1) is 0 Å². The van der Waals surface area contributed by atoms with Crippen LogP contribution in [0.1, 0.15) is 54.4 Å². The van der Waals surface area contributed by atoms with Gasteiger partial charge in [-0.1, -0.05) is 13.8 Å². The summed E-state index contributed by atoms with van der Waals surface area (Å²) >= 11 is 0. The van der Waals surface area contributed by atoms with E-state index in [1.807, 2.05) is 0 Å². The summed E-state index contributed by atoms with van der Waals surface area (Å²) in [5, 5.41) is 2.74. The molecule has 0 saturated carbocycles. The van der Waals surface area contributed by atoms with E-state index in [2.05, 4.69) is 25.0 Å². The van der Waals surface area contributed by atoms with Crippen molar-refractivity contribution in [1.29, 1.82) is 0 Å². The van der Waals surface area contributed by atoms with Crippen LogP contribution in [-0.4, -0.2) is 39.4 Å². The molecule has 0 radical (unpaired) electrons. The van der Waals surface area contributed by atoms with Crippen molar-refractivity contribution in [3.8, 4) is 5.88 Å². The molecule has 1 N–H and O–H groups in total. The molecule has 0 aliphatic rings. The zero-order chi connectivity index (χ0) is 22.5. The van der Waals surface area contributed by atoms with E-state index in [0.29, 0.717) is 17.2 Å². The highest BCUT2D eigenvalue weighted by atomic mass is 19.4. The Balaban J connectivity index is 2.04. The van der Waals surface area contributed by atoms with Crippen molar-refractivity contribution in [3.05, 3.63) is 47.2 Å². The summed E-state index contributed by atoms with van der Waals surface area (Å²) in [6.45, 7) is 5.64. The molecule has 0 bridgehead atoms. The Hall–Kier alpha value is -3.04. The number of carbonyl (C=O) groups excluding carboxylic acids is 2. The molecule has 0 spiro atoms. The van der Waals surface area contributed by atoms with Crippen LogP contribution in [0.15, 0.2) is 24.4 Å². The van der Waals surface area contributed by atoms with Crippen molar-refractivity contribution in [2.24, 2.45) is 5.92 Å². The maximum absolute atomic E-state index is 12.4. The first-order valence-electron chi connectivity index (χ1n) is 9.28. The Morgan fingerprint density at radius 2 is 1.87 bits per heavy atom. The molecule has 2 heterocycles. The number of alkyl halides is 3. The summed E-state index contributed by atoms with van der Waals surface area (Å²) in [6.07, 6.45) is -3.23. The predicted octanol–water partition coefficient (Wildman–Crippen LogP) is 3.38. The number of carbonyl (C=O) groups is 2. The average molecular weight is 424 g/mol. The van der Waals surface area contributed by atoms with E-state index in [1.165, 1.54) is 12.1 Å². The molecule has 0 fully saturated rings. The van der Waals surface area contributed by atoms with E-state index < -0.39 is 24.7 Å². The predicted molar refractivity (Wildman–Crippen MR) is 102 cm³/mol. The molecule has 30 heavy (non-hydrogen) atoms. The molecule has 1 unspecified atom stereocenters. The lowest BCUT2D eigenvalue weighted by Gasteiger charge is -2.15. The van der Waals surface area contributed by atoms with Crippen molar-refractivity contribution < 1.29 is 27.5 Å². The number of rotatable bonds is 8. The zero-order valence-corrected chi connectivity index (χ0v) is 17.1. The standard InChI is InChI=1S/C20H23F3N4O3/c1-11(2)16(28)8-17-25-12(3)7-15(27-17)13(4)26-19(29)14-5-6-18(24-9-14)30-10-20(21,22)23/h5-7,9,11,13H,8,10H2,1-4H3,(H,26,29). The summed E-state index contributed by atoms with van der Waals surface area (Å²) < 4.78 is 41.0. The van der Waals surface area contributed by atoms with Gasteiger partial charge in [-0.25, -0.2) is 15.0 Å². The highest BCUT2D eigenvalue weighted by Gasteiger charge is 2.28. The molecular weight excluding hydrogens is 401 g/mol.